The average molecular weight is 133 g/mol. The first-order valence-corrected chi connectivity index (χ1v) is 3.50. The fraction of sp³-hybridized carbons (Fsp3) is 0.222. The van der Waals surface area contributed by atoms with Gasteiger partial charge in [0.2, 0.25) is 0 Å². The SMILES string of the molecule is CCC=Cc1ccncc1. The molecule has 0 saturated carbocycles. The van der Waals surface area contributed by atoms with Crippen molar-refractivity contribution in [3.05, 3.63) is 36.2 Å². The minimum Gasteiger partial charge on any atom is -0.265 e. The maximum atomic E-state index is 3.92. The molecule has 0 radical (unpaired) electrons. The van der Waals surface area contributed by atoms with Crippen molar-refractivity contribution in [3.63, 3.8) is 0 Å². The first-order chi connectivity index (χ1) is 4.93. The molecule has 0 amide bonds. The molecule has 0 unspecified atom stereocenters. The van der Waals surface area contributed by atoms with Gasteiger partial charge in [0.25, 0.3) is 0 Å². The van der Waals surface area contributed by atoms with Crippen LogP contribution >= 0.6 is 0 Å². The van der Waals surface area contributed by atoms with Gasteiger partial charge in [-0.15, -0.1) is 0 Å². The van der Waals surface area contributed by atoms with Gasteiger partial charge in [0.1, 0.15) is 0 Å². The first-order valence-electron chi connectivity index (χ1n) is 3.50. The fourth-order valence-corrected chi connectivity index (χ4v) is 0.728. The topological polar surface area (TPSA) is 12.9 Å². The lowest BCUT2D eigenvalue weighted by molar-refractivity contribution is 1.23. The first kappa shape index (κ1) is 7.00. The highest BCUT2D eigenvalue weighted by Gasteiger charge is 1.79. The summed E-state index contributed by atoms with van der Waals surface area (Å²) >= 11 is 0. The predicted octanol–water partition coefficient (Wildman–Crippen LogP) is 2.50. The van der Waals surface area contributed by atoms with Crippen LogP contribution in [0.3, 0.4) is 0 Å². The van der Waals surface area contributed by atoms with Crippen molar-refractivity contribution in [1.82, 2.24) is 4.98 Å². The molecule has 0 aliphatic carbocycles. The van der Waals surface area contributed by atoms with E-state index in [0.717, 1.165) is 6.42 Å². The molecule has 52 valence electrons. The zero-order chi connectivity index (χ0) is 7.23. The van der Waals surface area contributed by atoms with E-state index in [4.69, 9.17) is 0 Å². The Labute approximate surface area is 61.4 Å². The van der Waals surface area contributed by atoms with Gasteiger partial charge in [0.05, 0.1) is 0 Å². The molecule has 1 aromatic rings. The molecule has 0 atom stereocenters. The molecule has 0 fully saturated rings. The zero-order valence-corrected chi connectivity index (χ0v) is 6.12. The van der Waals surface area contributed by atoms with Crippen molar-refractivity contribution in [2.45, 2.75) is 13.3 Å². The molecule has 1 heteroatoms. The van der Waals surface area contributed by atoms with Crippen molar-refractivity contribution >= 4 is 6.08 Å². The van der Waals surface area contributed by atoms with Gasteiger partial charge in [-0.2, -0.15) is 0 Å². The third-order valence-corrected chi connectivity index (χ3v) is 1.25. The Morgan fingerprint density at radius 1 is 1.40 bits per heavy atom. The Kier molecular flexibility index (Phi) is 2.68. The van der Waals surface area contributed by atoms with Crippen LogP contribution in [0.5, 0.6) is 0 Å². The minimum atomic E-state index is 1.09. The van der Waals surface area contributed by atoms with Gasteiger partial charge in [-0.1, -0.05) is 19.1 Å². The van der Waals surface area contributed by atoms with E-state index in [2.05, 4.69) is 24.1 Å². The fourth-order valence-electron chi connectivity index (χ4n) is 0.728. The molecule has 1 nitrogen and oxygen atoms in total. The Hall–Kier alpha value is -1.11. The van der Waals surface area contributed by atoms with Gasteiger partial charge in [0, 0.05) is 12.4 Å². The molecule has 0 bridgehead atoms. The van der Waals surface area contributed by atoms with Crippen molar-refractivity contribution in [1.29, 1.82) is 0 Å². The minimum absolute atomic E-state index is 1.09. The number of rotatable bonds is 2. The number of allylic oxidation sites excluding steroid dienone is 1. The summed E-state index contributed by atoms with van der Waals surface area (Å²) in [6.07, 6.45) is 8.92. The Bertz CT molecular complexity index is 201. The molecule has 1 aromatic heterocycles. The number of pyridine rings is 1. The molecule has 1 rings (SSSR count). The summed E-state index contributed by atoms with van der Waals surface area (Å²) in [5.74, 6) is 0. The summed E-state index contributed by atoms with van der Waals surface area (Å²) in [5, 5.41) is 0. The van der Waals surface area contributed by atoms with Crippen molar-refractivity contribution in [3.8, 4) is 0 Å². The second-order valence-corrected chi connectivity index (χ2v) is 2.09. The lowest BCUT2D eigenvalue weighted by Crippen LogP contribution is -1.71. The lowest BCUT2D eigenvalue weighted by atomic mass is 10.2. The summed E-state index contributed by atoms with van der Waals surface area (Å²) in [6, 6.07) is 3.98. The molecular weight excluding hydrogens is 122 g/mol. The van der Waals surface area contributed by atoms with Gasteiger partial charge in [-0.25, -0.2) is 0 Å². The van der Waals surface area contributed by atoms with Crippen LogP contribution < -0.4 is 0 Å². The molecule has 10 heavy (non-hydrogen) atoms. The Balaban J connectivity index is 2.67. The van der Waals surface area contributed by atoms with Crippen molar-refractivity contribution < 1.29 is 0 Å². The second-order valence-electron chi connectivity index (χ2n) is 2.09. The highest BCUT2D eigenvalue weighted by Crippen LogP contribution is 1.99. The second kappa shape index (κ2) is 3.83. The van der Waals surface area contributed by atoms with Crippen molar-refractivity contribution in [2.75, 3.05) is 0 Å². The van der Waals surface area contributed by atoms with E-state index in [0.29, 0.717) is 0 Å². The smallest absolute Gasteiger partial charge is 0.0273 e. The van der Waals surface area contributed by atoms with E-state index >= 15 is 0 Å². The predicted molar refractivity (Wildman–Crippen MR) is 43.6 cm³/mol. The number of nitrogens with zero attached hydrogens (tertiary/aromatic N) is 1. The quantitative estimate of drug-likeness (QED) is 0.604. The van der Waals surface area contributed by atoms with Gasteiger partial charge in [-0.3, -0.25) is 4.98 Å². The van der Waals surface area contributed by atoms with E-state index in [-0.39, 0.29) is 0 Å². The largest absolute Gasteiger partial charge is 0.265 e. The van der Waals surface area contributed by atoms with Crippen LogP contribution in [0.2, 0.25) is 0 Å². The van der Waals surface area contributed by atoms with Crippen LogP contribution in [0.1, 0.15) is 18.9 Å². The van der Waals surface area contributed by atoms with Crippen LogP contribution in [-0.2, 0) is 0 Å². The summed E-state index contributed by atoms with van der Waals surface area (Å²) in [6.45, 7) is 2.12. The van der Waals surface area contributed by atoms with Crippen LogP contribution in [-0.4, -0.2) is 4.98 Å². The summed E-state index contributed by atoms with van der Waals surface area (Å²) in [7, 11) is 0. The van der Waals surface area contributed by atoms with Crippen LogP contribution in [0.25, 0.3) is 6.08 Å². The Morgan fingerprint density at radius 2 is 2.10 bits per heavy atom. The van der Waals surface area contributed by atoms with E-state index in [1.54, 1.807) is 12.4 Å². The molecule has 0 saturated heterocycles. The number of hydrogen-bond acceptors (Lipinski definition) is 1. The standard InChI is InChI=1S/C9H11N/c1-2-3-4-9-5-7-10-8-6-9/h3-8H,2H2,1H3. The van der Waals surface area contributed by atoms with Crippen LogP contribution in [0.4, 0.5) is 0 Å². The molecular formula is C9H11N. The van der Waals surface area contributed by atoms with E-state index in [1.807, 2.05) is 12.1 Å². The average Bonchev–Trinajstić information content (AvgIpc) is 2.03. The molecule has 0 spiro atoms. The summed E-state index contributed by atoms with van der Waals surface area (Å²) in [4.78, 5) is 3.92. The van der Waals surface area contributed by atoms with E-state index < -0.39 is 0 Å². The van der Waals surface area contributed by atoms with Gasteiger partial charge >= 0.3 is 0 Å². The normalized spacial score (nSPS) is 10.5. The van der Waals surface area contributed by atoms with E-state index in [9.17, 15) is 0 Å². The molecule has 0 aromatic carbocycles. The zero-order valence-electron chi connectivity index (χ0n) is 6.12. The maximum absolute atomic E-state index is 3.92. The van der Waals surface area contributed by atoms with E-state index in [1.165, 1.54) is 5.56 Å². The summed E-state index contributed by atoms with van der Waals surface area (Å²) < 4.78 is 0. The number of aromatic nitrogens is 1. The Morgan fingerprint density at radius 3 is 2.70 bits per heavy atom. The highest BCUT2D eigenvalue weighted by molar-refractivity contribution is 5.47. The maximum Gasteiger partial charge on any atom is 0.0273 e. The lowest BCUT2D eigenvalue weighted by Gasteiger charge is -1.87. The van der Waals surface area contributed by atoms with Crippen molar-refractivity contribution in [2.24, 2.45) is 0 Å². The molecule has 0 N–H and O–H groups in total. The monoisotopic (exact) mass is 133 g/mol. The van der Waals surface area contributed by atoms with Gasteiger partial charge in [-0.05, 0) is 24.1 Å². The summed E-state index contributed by atoms with van der Waals surface area (Å²) in [5.41, 5.74) is 1.22. The third-order valence-electron chi connectivity index (χ3n) is 1.25. The number of hydrogen-bond donors (Lipinski definition) is 0. The molecule has 0 aliphatic rings. The van der Waals surface area contributed by atoms with Crippen LogP contribution in [0.15, 0.2) is 30.6 Å². The molecule has 0 aliphatic heterocycles. The highest BCUT2D eigenvalue weighted by atomic mass is 14.6. The molecule has 1 heterocycles. The van der Waals surface area contributed by atoms with Gasteiger partial charge in [0.15, 0.2) is 0 Å². The van der Waals surface area contributed by atoms with Gasteiger partial charge < -0.3 is 0 Å². The third kappa shape index (κ3) is 2.02. The van der Waals surface area contributed by atoms with Crippen LogP contribution in [0, 0.1) is 0 Å².